The molecule has 0 aromatic carbocycles. The second kappa shape index (κ2) is 6.33. The first-order valence-electron chi connectivity index (χ1n) is 6.25. The van der Waals surface area contributed by atoms with Gasteiger partial charge in [-0.15, -0.1) is 5.10 Å². The highest BCUT2D eigenvalue weighted by molar-refractivity contribution is 5.74. The maximum Gasteiger partial charge on any atom is 0.325 e. The van der Waals surface area contributed by atoms with Crippen LogP contribution in [0, 0.1) is 0 Å². The Hall–Kier alpha value is -2.16. The molecule has 1 aliphatic rings. The van der Waals surface area contributed by atoms with Crippen molar-refractivity contribution in [2.45, 2.75) is 25.6 Å². The quantitative estimate of drug-likeness (QED) is 0.739. The number of hydrogen-bond donors (Lipinski definition) is 2. The highest BCUT2D eigenvalue weighted by Gasteiger charge is 2.25. The lowest BCUT2D eigenvalue weighted by Gasteiger charge is -2.16. The van der Waals surface area contributed by atoms with Crippen LogP contribution in [0.4, 0.5) is 4.79 Å². The molecule has 1 aromatic rings. The minimum absolute atomic E-state index is 0.0946. The molecule has 0 radical (unpaired) electrons. The summed E-state index contributed by atoms with van der Waals surface area (Å²) < 4.78 is 6.40. The zero-order valence-electron chi connectivity index (χ0n) is 11.2. The Bertz CT molecular complexity index is 489. The van der Waals surface area contributed by atoms with Gasteiger partial charge in [-0.2, -0.15) is 0 Å². The Morgan fingerprint density at radius 3 is 3.05 bits per heavy atom. The van der Waals surface area contributed by atoms with E-state index in [9.17, 15) is 9.59 Å². The van der Waals surface area contributed by atoms with Gasteiger partial charge < -0.3 is 20.1 Å². The molecule has 1 fully saturated rings. The SMILES string of the molecule is COC1CCN(C(=O)NCc2cn(CC(=O)O)nn2)C1. The van der Waals surface area contributed by atoms with Gasteiger partial charge in [0, 0.05) is 20.2 Å². The summed E-state index contributed by atoms with van der Waals surface area (Å²) in [5, 5.41) is 18.8. The van der Waals surface area contributed by atoms with Gasteiger partial charge >= 0.3 is 12.0 Å². The van der Waals surface area contributed by atoms with E-state index in [0.717, 1.165) is 6.42 Å². The maximum absolute atomic E-state index is 11.9. The topological polar surface area (TPSA) is 110 Å². The molecule has 1 atom stereocenters. The Balaban J connectivity index is 1.78. The van der Waals surface area contributed by atoms with Crippen molar-refractivity contribution in [1.29, 1.82) is 0 Å². The van der Waals surface area contributed by atoms with Gasteiger partial charge in [-0.1, -0.05) is 5.21 Å². The average Bonchev–Trinajstić information content (AvgIpc) is 3.04. The third-order valence-corrected chi connectivity index (χ3v) is 3.07. The van der Waals surface area contributed by atoms with Crippen molar-refractivity contribution in [1.82, 2.24) is 25.2 Å². The molecule has 0 aliphatic carbocycles. The number of nitrogens with zero attached hydrogens (tertiary/aromatic N) is 4. The van der Waals surface area contributed by atoms with Crippen molar-refractivity contribution in [3.8, 4) is 0 Å². The van der Waals surface area contributed by atoms with E-state index in [-0.39, 0.29) is 25.2 Å². The summed E-state index contributed by atoms with van der Waals surface area (Å²) in [5.41, 5.74) is 0.516. The number of carboxylic acid groups (broad SMARTS) is 1. The molecule has 0 bridgehead atoms. The van der Waals surface area contributed by atoms with Crippen molar-refractivity contribution in [2.75, 3.05) is 20.2 Å². The number of carbonyl (C=O) groups excluding carboxylic acids is 1. The largest absolute Gasteiger partial charge is 0.480 e. The van der Waals surface area contributed by atoms with Gasteiger partial charge in [0.1, 0.15) is 12.2 Å². The summed E-state index contributed by atoms with van der Waals surface area (Å²) >= 11 is 0. The minimum atomic E-state index is -0.992. The van der Waals surface area contributed by atoms with Gasteiger partial charge in [0.15, 0.2) is 0 Å². The van der Waals surface area contributed by atoms with Crippen molar-refractivity contribution < 1.29 is 19.4 Å². The molecule has 2 rings (SSSR count). The Kier molecular flexibility index (Phi) is 4.51. The van der Waals surface area contributed by atoms with Crippen LogP contribution < -0.4 is 5.32 Å². The van der Waals surface area contributed by atoms with E-state index in [1.165, 1.54) is 10.9 Å². The first kappa shape index (κ1) is 14.3. The molecule has 2 N–H and O–H groups in total. The lowest BCUT2D eigenvalue weighted by Crippen LogP contribution is -2.38. The second-order valence-corrected chi connectivity index (χ2v) is 4.55. The van der Waals surface area contributed by atoms with Crippen molar-refractivity contribution >= 4 is 12.0 Å². The van der Waals surface area contributed by atoms with E-state index in [0.29, 0.717) is 18.8 Å². The van der Waals surface area contributed by atoms with Crippen LogP contribution in [0.3, 0.4) is 0 Å². The van der Waals surface area contributed by atoms with Crippen LogP contribution in [-0.2, 0) is 22.6 Å². The molecular formula is C11H17N5O4. The molecule has 9 nitrogen and oxygen atoms in total. The van der Waals surface area contributed by atoms with E-state index >= 15 is 0 Å². The van der Waals surface area contributed by atoms with E-state index < -0.39 is 5.97 Å². The first-order valence-corrected chi connectivity index (χ1v) is 6.25. The second-order valence-electron chi connectivity index (χ2n) is 4.55. The highest BCUT2D eigenvalue weighted by atomic mass is 16.5. The van der Waals surface area contributed by atoms with Crippen LogP contribution >= 0.6 is 0 Å². The molecule has 9 heteroatoms. The molecule has 1 aromatic heterocycles. The lowest BCUT2D eigenvalue weighted by molar-refractivity contribution is -0.137. The number of nitrogens with one attached hydrogen (secondary N) is 1. The number of aromatic nitrogens is 3. The number of methoxy groups -OCH3 is 1. The molecule has 1 saturated heterocycles. The number of carbonyl (C=O) groups is 2. The maximum atomic E-state index is 11.9. The van der Waals surface area contributed by atoms with Crippen molar-refractivity contribution in [2.24, 2.45) is 0 Å². The molecule has 1 unspecified atom stereocenters. The van der Waals surface area contributed by atoms with E-state index in [1.54, 1.807) is 12.0 Å². The summed E-state index contributed by atoms with van der Waals surface area (Å²) in [4.78, 5) is 24.1. The summed E-state index contributed by atoms with van der Waals surface area (Å²) in [6, 6.07) is -0.183. The molecule has 1 aliphatic heterocycles. The van der Waals surface area contributed by atoms with Gasteiger partial charge in [-0.3, -0.25) is 4.79 Å². The predicted octanol–water partition coefficient (Wildman–Crippen LogP) is -0.707. The molecular weight excluding hydrogens is 266 g/mol. The molecule has 20 heavy (non-hydrogen) atoms. The Morgan fingerprint density at radius 1 is 1.60 bits per heavy atom. The van der Waals surface area contributed by atoms with Crippen LogP contribution in [0.25, 0.3) is 0 Å². The zero-order chi connectivity index (χ0) is 14.5. The number of carboxylic acids is 1. The van der Waals surface area contributed by atoms with Crippen LogP contribution in [-0.4, -0.2) is 63.3 Å². The van der Waals surface area contributed by atoms with Gasteiger partial charge in [0.05, 0.1) is 18.8 Å². The summed E-state index contributed by atoms with van der Waals surface area (Å²) in [5.74, 6) is -0.992. The summed E-state index contributed by atoms with van der Waals surface area (Å²) in [7, 11) is 1.63. The molecule has 110 valence electrons. The Morgan fingerprint density at radius 2 is 2.40 bits per heavy atom. The van der Waals surface area contributed by atoms with Gasteiger partial charge in [0.2, 0.25) is 0 Å². The fourth-order valence-electron chi connectivity index (χ4n) is 2.02. The number of urea groups is 1. The number of likely N-dealkylation sites (tertiary alicyclic amines) is 1. The van der Waals surface area contributed by atoms with Crippen molar-refractivity contribution in [3.05, 3.63) is 11.9 Å². The van der Waals surface area contributed by atoms with Crippen LogP contribution in [0.15, 0.2) is 6.20 Å². The van der Waals surface area contributed by atoms with Crippen LogP contribution in [0.5, 0.6) is 0 Å². The molecule has 2 amide bonds. The third kappa shape index (κ3) is 3.67. The predicted molar refractivity (Wildman–Crippen MR) is 66.9 cm³/mol. The first-order chi connectivity index (χ1) is 9.58. The highest BCUT2D eigenvalue weighted by Crippen LogP contribution is 2.11. The third-order valence-electron chi connectivity index (χ3n) is 3.07. The van der Waals surface area contributed by atoms with E-state index in [2.05, 4.69) is 15.6 Å². The molecule has 0 spiro atoms. The fourth-order valence-corrected chi connectivity index (χ4v) is 2.02. The monoisotopic (exact) mass is 283 g/mol. The summed E-state index contributed by atoms with van der Waals surface area (Å²) in [6.45, 7) is 1.21. The van der Waals surface area contributed by atoms with Crippen LogP contribution in [0.2, 0.25) is 0 Å². The van der Waals surface area contributed by atoms with E-state index in [4.69, 9.17) is 9.84 Å². The van der Waals surface area contributed by atoms with Crippen LogP contribution in [0.1, 0.15) is 12.1 Å². The summed E-state index contributed by atoms with van der Waals surface area (Å²) in [6.07, 6.45) is 2.42. The number of aliphatic carboxylic acids is 1. The average molecular weight is 283 g/mol. The number of amides is 2. The van der Waals surface area contributed by atoms with Gasteiger partial charge in [-0.25, -0.2) is 9.48 Å². The Labute approximate surface area is 115 Å². The van der Waals surface area contributed by atoms with Crippen molar-refractivity contribution in [3.63, 3.8) is 0 Å². The number of rotatable bonds is 5. The number of hydrogen-bond acceptors (Lipinski definition) is 5. The zero-order valence-corrected chi connectivity index (χ0v) is 11.2. The van der Waals surface area contributed by atoms with Gasteiger partial charge in [-0.05, 0) is 6.42 Å². The van der Waals surface area contributed by atoms with Gasteiger partial charge in [0.25, 0.3) is 0 Å². The number of ether oxygens (including phenoxy) is 1. The standard InChI is InChI=1S/C11H17N5O4/c1-20-9-2-3-15(6-9)11(19)12-4-8-5-16(14-13-8)7-10(17)18/h5,9H,2-4,6-7H2,1H3,(H,12,19)(H,17,18). The normalized spacial score (nSPS) is 18.2. The lowest BCUT2D eigenvalue weighted by atomic mass is 10.3. The minimum Gasteiger partial charge on any atom is -0.480 e. The fraction of sp³-hybridized carbons (Fsp3) is 0.636. The smallest absolute Gasteiger partial charge is 0.325 e. The van der Waals surface area contributed by atoms with E-state index in [1.807, 2.05) is 0 Å². The molecule has 0 saturated carbocycles. The molecule has 2 heterocycles.